The average molecular weight is 222 g/mol. The number of nitrogens with two attached hydrogens (primary N) is 1. The minimum absolute atomic E-state index is 0.458. The molecule has 4 heteroatoms. The molecule has 1 aromatic carbocycles. The predicted molar refractivity (Wildman–Crippen MR) is 61.2 cm³/mol. The summed E-state index contributed by atoms with van der Waals surface area (Å²) in [6, 6.07) is 5.77. The van der Waals surface area contributed by atoms with Crippen LogP contribution in [-0.4, -0.2) is 9.55 Å². The number of aromatic nitrogens is 2. The monoisotopic (exact) mass is 221 g/mol. The molecule has 15 heavy (non-hydrogen) atoms. The van der Waals surface area contributed by atoms with E-state index >= 15 is 0 Å². The van der Waals surface area contributed by atoms with Crippen molar-refractivity contribution in [2.75, 3.05) is 0 Å². The van der Waals surface area contributed by atoms with Crippen LogP contribution in [-0.2, 0) is 6.54 Å². The highest BCUT2D eigenvalue weighted by Crippen LogP contribution is 2.18. The van der Waals surface area contributed by atoms with Crippen molar-refractivity contribution in [2.24, 2.45) is 5.73 Å². The zero-order chi connectivity index (χ0) is 10.8. The molecule has 0 aliphatic carbocycles. The Hall–Kier alpha value is -1.32. The maximum atomic E-state index is 5.89. The number of imidazole rings is 1. The molecule has 78 valence electrons. The van der Waals surface area contributed by atoms with Gasteiger partial charge in [-0.25, -0.2) is 4.98 Å². The molecule has 0 aliphatic heterocycles. The Labute approximate surface area is 93.5 Å². The van der Waals surface area contributed by atoms with E-state index < -0.39 is 0 Å². The SMILES string of the molecule is Cc1cc(Cl)ccc1-n1cnc(CN)c1. The summed E-state index contributed by atoms with van der Waals surface area (Å²) in [5.74, 6) is 0. The number of halogens is 1. The van der Waals surface area contributed by atoms with Gasteiger partial charge in [0.2, 0.25) is 0 Å². The lowest BCUT2D eigenvalue weighted by Gasteiger charge is -2.06. The molecule has 0 spiro atoms. The van der Waals surface area contributed by atoms with Crippen LogP contribution < -0.4 is 5.73 Å². The van der Waals surface area contributed by atoms with Gasteiger partial charge in [-0.2, -0.15) is 0 Å². The Balaban J connectivity index is 2.44. The maximum absolute atomic E-state index is 5.89. The number of hydrogen-bond donors (Lipinski definition) is 1. The van der Waals surface area contributed by atoms with E-state index in [9.17, 15) is 0 Å². The first-order chi connectivity index (χ1) is 7.20. The van der Waals surface area contributed by atoms with E-state index in [-0.39, 0.29) is 0 Å². The highest BCUT2D eigenvalue weighted by atomic mass is 35.5. The summed E-state index contributed by atoms with van der Waals surface area (Å²) in [4.78, 5) is 4.18. The quantitative estimate of drug-likeness (QED) is 0.846. The van der Waals surface area contributed by atoms with E-state index in [0.717, 1.165) is 22.0 Å². The van der Waals surface area contributed by atoms with Gasteiger partial charge < -0.3 is 10.3 Å². The number of nitrogens with zero attached hydrogens (tertiary/aromatic N) is 2. The lowest BCUT2D eigenvalue weighted by Crippen LogP contribution is -1.96. The Morgan fingerprint density at radius 3 is 2.87 bits per heavy atom. The minimum Gasteiger partial charge on any atom is -0.325 e. The van der Waals surface area contributed by atoms with Crippen LogP contribution in [0.4, 0.5) is 0 Å². The summed E-state index contributed by atoms with van der Waals surface area (Å²) in [6.45, 7) is 2.48. The maximum Gasteiger partial charge on any atom is 0.0995 e. The number of hydrogen-bond acceptors (Lipinski definition) is 2. The van der Waals surface area contributed by atoms with Crippen molar-refractivity contribution in [2.45, 2.75) is 13.5 Å². The summed E-state index contributed by atoms with van der Waals surface area (Å²) in [7, 11) is 0. The van der Waals surface area contributed by atoms with Gasteiger partial charge in [0, 0.05) is 23.5 Å². The molecular weight excluding hydrogens is 210 g/mol. The molecule has 0 atom stereocenters. The summed E-state index contributed by atoms with van der Waals surface area (Å²) in [5, 5.41) is 0.746. The Kier molecular flexibility index (Phi) is 2.75. The predicted octanol–water partition coefficient (Wildman–Crippen LogP) is 2.29. The molecular formula is C11H12ClN3. The second-order valence-electron chi connectivity index (χ2n) is 3.41. The van der Waals surface area contributed by atoms with Gasteiger partial charge in [-0.1, -0.05) is 11.6 Å². The first kappa shape index (κ1) is 10.2. The molecule has 2 aromatic rings. The second-order valence-corrected chi connectivity index (χ2v) is 3.84. The van der Waals surface area contributed by atoms with Crippen LogP contribution in [0.5, 0.6) is 0 Å². The van der Waals surface area contributed by atoms with Gasteiger partial charge in [-0.15, -0.1) is 0 Å². The third kappa shape index (κ3) is 2.03. The van der Waals surface area contributed by atoms with E-state index in [2.05, 4.69) is 4.98 Å². The molecule has 1 heterocycles. The second kappa shape index (κ2) is 4.04. The van der Waals surface area contributed by atoms with Crippen LogP contribution in [0.15, 0.2) is 30.7 Å². The molecule has 0 fully saturated rings. The van der Waals surface area contributed by atoms with Crippen molar-refractivity contribution >= 4 is 11.6 Å². The van der Waals surface area contributed by atoms with E-state index in [1.54, 1.807) is 6.33 Å². The summed E-state index contributed by atoms with van der Waals surface area (Å²) >= 11 is 5.89. The normalized spacial score (nSPS) is 10.6. The smallest absolute Gasteiger partial charge is 0.0995 e. The highest BCUT2D eigenvalue weighted by molar-refractivity contribution is 6.30. The molecule has 0 saturated heterocycles. The fraction of sp³-hybridized carbons (Fsp3) is 0.182. The van der Waals surface area contributed by atoms with Crippen LogP contribution in [0.25, 0.3) is 5.69 Å². The van der Waals surface area contributed by atoms with Gasteiger partial charge in [-0.3, -0.25) is 0 Å². The standard InChI is InChI=1S/C11H12ClN3/c1-8-4-9(12)2-3-11(8)15-6-10(5-13)14-7-15/h2-4,6-7H,5,13H2,1H3. The molecule has 2 rings (SSSR count). The molecule has 2 N–H and O–H groups in total. The zero-order valence-electron chi connectivity index (χ0n) is 8.44. The summed E-state index contributed by atoms with van der Waals surface area (Å²) in [6.07, 6.45) is 3.69. The van der Waals surface area contributed by atoms with Crippen molar-refractivity contribution in [1.29, 1.82) is 0 Å². The van der Waals surface area contributed by atoms with Crippen LogP contribution in [0.1, 0.15) is 11.3 Å². The zero-order valence-corrected chi connectivity index (χ0v) is 9.20. The largest absolute Gasteiger partial charge is 0.325 e. The van der Waals surface area contributed by atoms with E-state index in [1.807, 2.05) is 35.9 Å². The average Bonchev–Trinajstić information content (AvgIpc) is 2.66. The van der Waals surface area contributed by atoms with Gasteiger partial charge in [-0.05, 0) is 30.7 Å². The number of benzene rings is 1. The number of aryl methyl sites for hydroxylation is 1. The number of rotatable bonds is 2. The van der Waals surface area contributed by atoms with Crippen molar-refractivity contribution in [3.8, 4) is 5.69 Å². The molecule has 3 nitrogen and oxygen atoms in total. The lowest BCUT2D eigenvalue weighted by atomic mass is 10.2. The van der Waals surface area contributed by atoms with E-state index in [1.165, 1.54) is 0 Å². The molecule has 0 bridgehead atoms. The van der Waals surface area contributed by atoms with Crippen LogP contribution in [0.2, 0.25) is 5.02 Å². The Bertz CT molecular complexity index is 476. The van der Waals surface area contributed by atoms with Gasteiger partial charge in [0.15, 0.2) is 0 Å². The van der Waals surface area contributed by atoms with Crippen LogP contribution in [0, 0.1) is 6.92 Å². The van der Waals surface area contributed by atoms with Gasteiger partial charge in [0.1, 0.15) is 0 Å². The Morgan fingerprint density at radius 1 is 1.47 bits per heavy atom. The van der Waals surface area contributed by atoms with Crippen molar-refractivity contribution < 1.29 is 0 Å². The van der Waals surface area contributed by atoms with Gasteiger partial charge in [0.25, 0.3) is 0 Å². The lowest BCUT2D eigenvalue weighted by molar-refractivity contribution is 1.01. The first-order valence-electron chi connectivity index (χ1n) is 4.70. The third-order valence-electron chi connectivity index (χ3n) is 2.28. The molecule has 0 amide bonds. The molecule has 1 aromatic heterocycles. The topological polar surface area (TPSA) is 43.8 Å². The Morgan fingerprint density at radius 2 is 2.27 bits per heavy atom. The summed E-state index contributed by atoms with van der Waals surface area (Å²) in [5.41, 5.74) is 8.58. The van der Waals surface area contributed by atoms with Crippen molar-refractivity contribution in [1.82, 2.24) is 9.55 Å². The van der Waals surface area contributed by atoms with Gasteiger partial charge >= 0.3 is 0 Å². The van der Waals surface area contributed by atoms with E-state index in [0.29, 0.717) is 6.54 Å². The van der Waals surface area contributed by atoms with E-state index in [4.69, 9.17) is 17.3 Å². The van der Waals surface area contributed by atoms with Crippen molar-refractivity contribution in [3.05, 3.63) is 47.0 Å². The molecule has 0 unspecified atom stereocenters. The molecule has 0 aliphatic rings. The van der Waals surface area contributed by atoms with Gasteiger partial charge in [0.05, 0.1) is 12.0 Å². The fourth-order valence-electron chi connectivity index (χ4n) is 1.51. The fourth-order valence-corrected chi connectivity index (χ4v) is 1.74. The molecule has 0 saturated carbocycles. The van der Waals surface area contributed by atoms with Crippen LogP contribution in [0.3, 0.4) is 0 Å². The summed E-state index contributed by atoms with van der Waals surface area (Å²) < 4.78 is 1.95. The first-order valence-corrected chi connectivity index (χ1v) is 5.08. The molecule has 0 radical (unpaired) electrons. The highest BCUT2D eigenvalue weighted by Gasteiger charge is 2.02. The van der Waals surface area contributed by atoms with Crippen LogP contribution >= 0.6 is 11.6 Å². The third-order valence-corrected chi connectivity index (χ3v) is 2.52. The van der Waals surface area contributed by atoms with Crippen molar-refractivity contribution in [3.63, 3.8) is 0 Å². The minimum atomic E-state index is 0.458.